The summed E-state index contributed by atoms with van der Waals surface area (Å²) in [7, 11) is 1.49. The van der Waals surface area contributed by atoms with Crippen LogP contribution in [0, 0.1) is 0 Å². The lowest BCUT2D eigenvalue weighted by atomic mass is 9.99. The molecular weight excluding hydrogens is 222 g/mol. The van der Waals surface area contributed by atoms with Gasteiger partial charge in [-0.25, -0.2) is 9.69 Å². The molecule has 2 heterocycles. The van der Waals surface area contributed by atoms with Crippen LogP contribution in [-0.2, 0) is 9.59 Å². The van der Waals surface area contributed by atoms with Crippen molar-refractivity contribution in [2.75, 3.05) is 13.6 Å². The first kappa shape index (κ1) is 11.9. The van der Waals surface area contributed by atoms with Crippen molar-refractivity contribution >= 4 is 17.8 Å². The number of imide groups is 1. The van der Waals surface area contributed by atoms with Crippen LogP contribution < -0.4 is 5.32 Å². The standard InChI is InChI=1S/C11H17N3O3/c1-7(8(15)12-3)14-9(16)11(2)5-4-6-13(11)10(14)17/h7H,4-6H2,1-3H3,(H,12,15)/t7-,11-/m0/s1. The average molecular weight is 239 g/mol. The largest absolute Gasteiger partial charge is 0.357 e. The van der Waals surface area contributed by atoms with Crippen LogP contribution >= 0.6 is 0 Å². The molecule has 0 spiro atoms. The van der Waals surface area contributed by atoms with Crippen LogP contribution in [0.5, 0.6) is 0 Å². The van der Waals surface area contributed by atoms with Gasteiger partial charge in [0.1, 0.15) is 11.6 Å². The highest BCUT2D eigenvalue weighted by Crippen LogP contribution is 2.38. The number of hydrogen-bond acceptors (Lipinski definition) is 3. The summed E-state index contributed by atoms with van der Waals surface area (Å²) in [6.45, 7) is 3.94. The summed E-state index contributed by atoms with van der Waals surface area (Å²) in [5.74, 6) is -0.576. The molecule has 17 heavy (non-hydrogen) atoms. The summed E-state index contributed by atoms with van der Waals surface area (Å²) >= 11 is 0. The van der Waals surface area contributed by atoms with Crippen molar-refractivity contribution in [3.8, 4) is 0 Å². The Morgan fingerprint density at radius 2 is 2.12 bits per heavy atom. The predicted molar refractivity (Wildman–Crippen MR) is 60.1 cm³/mol. The minimum Gasteiger partial charge on any atom is -0.357 e. The lowest BCUT2D eigenvalue weighted by Gasteiger charge is -2.22. The van der Waals surface area contributed by atoms with Crippen LogP contribution in [0.1, 0.15) is 26.7 Å². The summed E-state index contributed by atoms with van der Waals surface area (Å²) < 4.78 is 0. The van der Waals surface area contributed by atoms with E-state index >= 15 is 0 Å². The van der Waals surface area contributed by atoms with Crippen LogP contribution in [0.4, 0.5) is 4.79 Å². The zero-order valence-electron chi connectivity index (χ0n) is 10.3. The van der Waals surface area contributed by atoms with Gasteiger partial charge < -0.3 is 10.2 Å². The van der Waals surface area contributed by atoms with Gasteiger partial charge in [-0.15, -0.1) is 0 Å². The van der Waals surface area contributed by atoms with E-state index in [9.17, 15) is 14.4 Å². The molecule has 1 N–H and O–H groups in total. The van der Waals surface area contributed by atoms with Crippen molar-refractivity contribution in [1.29, 1.82) is 0 Å². The Hall–Kier alpha value is -1.59. The maximum Gasteiger partial charge on any atom is 0.328 e. The Labute approximate surface area is 99.9 Å². The Balaban J connectivity index is 2.30. The predicted octanol–water partition coefficient (Wildman–Crippen LogP) is -0.0624. The normalized spacial score (nSPS) is 29.6. The van der Waals surface area contributed by atoms with Gasteiger partial charge in [0.05, 0.1) is 0 Å². The fourth-order valence-corrected chi connectivity index (χ4v) is 2.64. The van der Waals surface area contributed by atoms with Crippen molar-refractivity contribution < 1.29 is 14.4 Å². The highest BCUT2D eigenvalue weighted by Gasteiger charge is 2.58. The van der Waals surface area contributed by atoms with Gasteiger partial charge in [-0.1, -0.05) is 0 Å². The number of nitrogens with one attached hydrogen (secondary N) is 1. The third-order valence-corrected chi connectivity index (χ3v) is 3.77. The minimum atomic E-state index is -0.748. The molecule has 6 heteroatoms. The number of hydrogen-bond donors (Lipinski definition) is 1. The lowest BCUT2D eigenvalue weighted by molar-refractivity contribution is -0.138. The number of fused-ring (bicyclic) bond motifs is 1. The lowest BCUT2D eigenvalue weighted by Crippen LogP contribution is -2.49. The number of urea groups is 1. The highest BCUT2D eigenvalue weighted by molar-refractivity contribution is 6.09. The van der Waals surface area contributed by atoms with E-state index < -0.39 is 11.6 Å². The van der Waals surface area contributed by atoms with Gasteiger partial charge >= 0.3 is 6.03 Å². The summed E-state index contributed by atoms with van der Waals surface area (Å²) in [4.78, 5) is 38.6. The van der Waals surface area contributed by atoms with E-state index in [1.807, 2.05) is 0 Å². The van der Waals surface area contributed by atoms with Crippen molar-refractivity contribution in [1.82, 2.24) is 15.1 Å². The minimum absolute atomic E-state index is 0.254. The van der Waals surface area contributed by atoms with Crippen molar-refractivity contribution in [3.63, 3.8) is 0 Å². The molecule has 0 aromatic carbocycles. The number of rotatable bonds is 2. The zero-order valence-corrected chi connectivity index (χ0v) is 10.3. The Kier molecular flexibility index (Phi) is 2.60. The first-order valence-corrected chi connectivity index (χ1v) is 5.80. The molecule has 0 unspecified atom stereocenters. The number of carbonyl (C=O) groups is 3. The average Bonchev–Trinajstić information content (AvgIpc) is 2.77. The number of nitrogens with zero attached hydrogens (tertiary/aromatic N) is 2. The molecule has 2 atom stereocenters. The molecule has 0 saturated carbocycles. The van der Waals surface area contributed by atoms with E-state index in [4.69, 9.17) is 0 Å². The first-order valence-electron chi connectivity index (χ1n) is 5.80. The molecule has 94 valence electrons. The second kappa shape index (κ2) is 3.72. The Bertz CT molecular complexity index is 395. The van der Waals surface area contributed by atoms with Crippen molar-refractivity contribution in [2.45, 2.75) is 38.3 Å². The summed E-state index contributed by atoms with van der Waals surface area (Å²) in [5.41, 5.74) is -0.737. The molecule has 2 saturated heterocycles. The maximum absolute atomic E-state index is 12.3. The van der Waals surface area contributed by atoms with Crippen LogP contribution in [0.2, 0.25) is 0 Å². The number of likely N-dealkylation sites (N-methyl/N-ethyl adjacent to an activating group) is 1. The van der Waals surface area contributed by atoms with E-state index in [-0.39, 0.29) is 17.8 Å². The first-order chi connectivity index (χ1) is 7.93. The highest BCUT2D eigenvalue weighted by atomic mass is 16.2. The monoisotopic (exact) mass is 239 g/mol. The van der Waals surface area contributed by atoms with Crippen LogP contribution in [-0.4, -0.2) is 52.8 Å². The summed E-state index contributed by atoms with van der Waals surface area (Å²) in [6.07, 6.45) is 1.52. The van der Waals surface area contributed by atoms with Crippen molar-refractivity contribution in [3.05, 3.63) is 0 Å². The Morgan fingerprint density at radius 1 is 1.47 bits per heavy atom. The summed E-state index contributed by atoms with van der Waals surface area (Å²) in [6, 6.07) is -1.09. The van der Waals surface area contributed by atoms with E-state index in [0.717, 1.165) is 11.3 Å². The molecular formula is C11H17N3O3. The van der Waals surface area contributed by atoms with Gasteiger partial charge in [0.25, 0.3) is 5.91 Å². The van der Waals surface area contributed by atoms with E-state index in [0.29, 0.717) is 13.0 Å². The molecule has 0 aliphatic carbocycles. The molecule has 2 aliphatic heterocycles. The number of amides is 4. The van der Waals surface area contributed by atoms with Gasteiger partial charge in [-0.3, -0.25) is 9.59 Å². The third kappa shape index (κ3) is 1.43. The number of carbonyl (C=O) groups excluding carboxylic acids is 3. The van der Waals surface area contributed by atoms with Gasteiger partial charge in [0.15, 0.2) is 0 Å². The Morgan fingerprint density at radius 3 is 2.65 bits per heavy atom. The van der Waals surface area contributed by atoms with Crippen LogP contribution in [0.15, 0.2) is 0 Å². The molecule has 0 aromatic heterocycles. The molecule has 6 nitrogen and oxygen atoms in total. The molecule has 0 aromatic rings. The van der Waals surface area contributed by atoms with Crippen LogP contribution in [0.3, 0.4) is 0 Å². The topological polar surface area (TPSA) is 69.7 Å². The van der Waals surface area contributed by atoms with E-state index in [1.165, 1.54) is 7.05 Å². The van der Waals surface area contributed by atoms with Gasteiger partial charge in [0.2, 0.25) is 5.91 Å². The molecule has 0 bridgehead atoms. The molecule has 4 amide bonds. The van der Waals surface area contributed by atoms with Gasteiger partial charge in [-0.05, 0) is 26.7 Å². The molecule has 2 aliphatic rings. The zero-order chi connectivity index (χ0) is 12.8. The summed E-state index contributed by atoms with van der Waals surface area (Å²) in [5, 5.41) is 2.46. The van der Waals surface area contributed by atoms with Crippen molar-refractivity contribution in [2.24, 2.45) is 0 Å². The maximum atomic E-state index is 12.3. The fraction of sp³-hybridized carbons (Fsp3) is 0.727. The SMILES string of the molecule is CNC(=O)[C@H](C)N1C(=O)N2CCC[C@@]2(C)C1=O. The molecule has 2 fully saturated rings. The van der Waals surface area contributed by atoms with E-state index in [2.05, 4.69) is 5.32 Å². The fourth-order valence-electron chi connectivity index (χ4n) is 2.64. The molecule has 0 radical (unpaired) electrons. The third-order valence-electron chi connectivity index (χ3n) is 3.77. The van der Waals surface area contributed by atoms with Crippen LogP contribution in [0.25, 0.3) is 0 Å². The van der Waals surface area contributed by atoms with E-state index in [1.54, 1.807) is 18.7 Å². The van der Waals surface area contributed by atoms with Gasteiger partial charge in [-0.2, -0.15) is 0 Å². The quantitative estimate of drug-likeness (QED) is 0.686. The molecule has 2 rings (SSSR count). The second-order valence-electron chi connectivity index (χ2n) is 4.78. The van der Waals surface area contributed by atoms with Gasteiger partial charge in [0, 0.05) is 13.6 Å². The second-order valence-corrected chi connectivity index (χ2v) is 4.78. The smallest absolute Gasteiger partial charge is 0.328 e.